The summed E-state index contributed by atoms with van der Waals surface area (Å²) in [5, 5.41) is 5.29. The van der Waals surface area contributed by atoms with Crippen LogP contribution >= 0.6 is 0 Å². The van der Waals surface area contributed by atoms with Crippen LogP contribution in [0.15, 0.2) is 48.5 Å². The maximum absolute atomic E-state index is 12.0. The van der Waals surface area contributed by atoms with E-state index in [2.05, 4.69) is 10.6 Å². The second kappa shape index (κ2) is 8.57. The molecule has 0 atom stereocenters. The molecule has 0 bridgehead atoms. The first-order valence-electron chi connectivity index (χ1n) is 7.45. The summed E-state index contributed by atoms with van der Waals surface area (Å²) in [6.45, 7) is -0.110. The zero-order chi connectivity index (χ0) is 17.4. The van der Waals surface area contributed by atoms with Gasteiger partial charge < -0.3 is 20.1 Å². The first kappa shape index (κ1) is 17.3. The molecular weight excluding hydrogens is 308 g/mol. The molecule has 0 aliphatic carbocycles. The Labute approximate surface area is 140 Å². The number of rotatable bonds is 7. The van der Waals surface area contributed by atoms with Crippen molar-refractivity contribution in [1.82, 2.24) is 5.32 Å². The van der Waals surface area contributed by atoms with E-state index >= 15 is 0 Å². The lowest BCUT2D eigenvalue weighted by molar-refractivity contribution is -0.123. The van der Waals surface area contributed by atoms with Crippen molar-refractivity contribution in [3.8, 4) is 11.5 Å². The highest BCUT2D eigenvalue weighted by atomic mass is 16.5. The van der Waals surface area contributed by atoms with E-state index in [1.165, 1.54) is 7.11 Å². The summed E-state index contributed by atoms with van der Waals surface area (Å²) < 4.78 is 10.3. The summed E-state index contributed by atoms with van der Waals surface area (Å²) in [4.78, 5) is 23.8. The molecule has 24 heavy (non-hydrogen) atoms. The van der Waals surface area contributed by atoms with E-state index in [4.69, 9.17) is 9.47 Å². The van der Waals surface area contributed by atoms with Crippen molar-refractivity contribution in [3.05, 3.63) is 54.1 Å². The fourth-order valence-corrected chi connectivity index (χ4v) is 2.12. The lowest BCUT2D eigenvalue weighted by atomic mass is 10.1. The minimum absolute atomic E-state index is 0.110. The largest absolute Gasteiger partial charge is 0.497 e. The third-order valence-electron chi connectivity index (χ3n) is 3.34. The van der Waals surface area contributed by atoms with Gasteiger partial charge in [-0.05, 0) is 17.7 Å². The summed E-state index contributed by atoms with van der Waals surface area (Å²) in [5.41, 5.74) is 1.41. The van der Waals surface area contributed by atoms with Crippen LogP contribution in [0.2, 0.25) is 0 Å². The average Bonchev–Trinajstić information content (AvgIpc) is 2.61. The van der Waals surface area contributed by atoms with Crippen molar-refractivity contribution >= 4 is 17.5 Å². The van der Waals surface area contributed by atoms with Gasteiger partial charge in [0.25, 0.3) is 0 Å². The summed E-state index contributed by atoms with van der Waals surface area (Å²) in [6, 6.07) is 14.4. The summed E-state index contributed by atoms with van der Waals surface area (Å²) in [7, 11) is 3.06. The number of carbonyl (C=O) groups excluding carboxylic acids is 2. The first-order chi connectivity index (χ1) is 11.6. The Bertz CT molecular complexity index is 701. The van der Waals surface area contributed by atoms with Crippen molar-refractivity contribution in [1.29, 1.82) is 0 Å². The molecule has 0 aliphatic rings. The lowest BCUT2D eigenvalue weighted by Crippen LogP contribution is -2.33. The van der Waals surface area contributed by atoms with Gasteiger partial charge in [0.1, 0.15) is 11.5 Å². The van der Waals surface area contributed by atoms with Crippen LogP contribution in [0.4, 0.5) is 5.69 Å². The van der Waals surface area contributed by atoms with Crippen LogP contribution in [0.1, 0.15) is 5.56 Å². The molecule has 2 amide bonds. The number of ether oxygens (including phenoxy) is 2. The number of nitrogens with one attached hydrogen (secondary N) is 2. The molecule has 126 valence electrons. The van der Waals surface area contributed by atoms with Gasteiger partial charge in [-0.3, -0.25) is 9.59 Å². The number of amides is 2. The van der Waals surface area contributed by atoms with Gasteiger partial charge in [0.05, 0.1) is 32.9 Å². The van der Waals surface area contributed by atoms with Gasteiger partial charge in [0.2, 0.25) is 11.8 Å². The normalized spacial score (nSPS) is 9.92. The molecule has 0 saturated carbocycles. The Morgan fingerprint density at radius 1 is 0.958 bits per heavy atom. The molecule has 0 spiro atoms. The average molecular weight is 328 g/mol. The molecule has 0 heterocycles. The SMILES string of the molecule is COc1ccc(NC(=O)CNC(=O)Cc2ccccc2)c(OC)c1. The number of anilines is 1. The highest BCUT2D eigenvalue weighted by molar-refractivity contribution is 5.96. The lowest BCUT2D eigenvalue weighted by Gasteiger charge is -2.12. The van der Waals surface area contributed by atoms with E-state index in [0.717, 1.165) is 5.56 Å². The highest BCUT2D eigenvalue weighted by Gasteiger charge is 2.10. The third kappa shape index (κ3) is 5.01. The van der Waals surface area contributed by atoms with Crippen molar-refractivity contribution in [2.45, 2.75) is 6.42 Å². The van der Waals surface area contributed by atoms with E-state index in [-0.39, 0.29) is 24.8 Å². The van der Waals surface area contributed by atoms with Crippen LogP contribution < -0.4 is 20.1 Å². The van der Waals surface area contributed by atoms with Crippen molar-refractivity contribution < 1.29 is 19.1 Å². The van der Waals surface area contributed by atoms with Crippen molar-refractivity contribution in [2.75, 3.05) is 26.1 Å². The number of benzene rings is 2. The van der Waals surface area contributed by atoms with Crippen LogP contribution in [0.25, 0.3) is 0 Å². The molecule has 0 unspecified atom stereocenters. The van der Waals surface area contributed by atoms with Crippen molar-refractivity contribution in [3.63, 3.8) is 0 Å². The van der Waals surface area contributed by atoms with Crippen LogP contribution in [-0.2, 0) is 16.0 Å². The molecule has 0 saturated heterocycles. The molecule has 2 rings (SSSR count). The van der Waals surface area contributed by atoms with Crippen LogP contribution in [0, 0.1) is 0 Å². The van der Waals surface area contributed by atoms with Crippen molar-refractivity contribution in [2.24, 2.45) is 0 Å². The Balaban J connectivity index is 1.86. The number of hydrogen-bond acceptors (Lipinski definition) is 4. The Morgan fingerprint density at radius 3 is 2.38 bits per heavy atom. The monoisotopic (exact) mass is 328 g/mol. The highest BCUT2D eigenvalue weighted by Crippen LogP contribution is 2.28. The topological polar surface area (TPSA) is 76.7 Å². The molecule has 0 fully saturated rings. The fraction of sp³-hybridized carbons (Fsp3) is 0.222. The molecule has 0 radical (unpaired) electrons. The predicted molar refractivity (Wildman–Crippen MR) is 91.3 cm³/mol. The van der Waals surface area contributed by atoms with Gasteiger partial charge in [0, 0.05) is 6.07 Å². The van der Waals surface area contributed by atoms with E-state index in [1.807, 2.05) is 30.3 Å². The van der Waals surface area contributed by atoms with Crippen LogP contribution in [0.3, 0.4) is 0 Å². The molecule has 6 heteroatoms. The Kier molecular flexibility index (Phi) is 6.19. The second-order valence-corrected chi connectivity index (χ2v) is 5.05. The second-order valence-electron chi connectivity index (χ2n) is 5.05. The summed E-state index contributed by atoms with van der Waals surface area (Å²) >= 11 is 0. The van der Waals surface area contributed by atoms with Crippen LogP contribution in [0.5, 0.6) is 11.5 Å². The molecule has 0 aliphatic heterocycles. The van der Waals surface area contributed by atoms with Gasteiger partial charge in [-0.25, -0.2) is 0 Å². The quantitative estimate of drug-likeness (QED) is 0.815. The predicted octanol–water partition coefficient (Wildman–Crippen LogP) is 2.00. The number of hydrogen-bond donors (Lipinski definition) is 2. The smallest absolute Gasteiger partial charge is 0.243 e. The van der Waals surface area contributed by atoms with Gasteiger partial charge in [-0.15, -0.1) is 0 Å². The Hall–Kier alpha value is -3.02. The van der Waals surface area contributed by atoms with E-state index in [0.29, 0.717) is 17.2 Å². The zero-order valence-electron chi connectivity index (χ0n) is 13.7. The summed E-state index contributed by atoms with van der Waals surface area (Å²) in [6.07, 6.45) is 0.236. The number of carbonyl (C=O) groups is 2. The van der Waals surface area contributed by atoms with Crippen LogP contribution in [-0.4, -0.2) is 32.6 Å². The third-order valence-corrected chi connectivity index (χ3v) is 3.34. The molecule has 2 aromatic carbocycles. The zero-order valence-corrected chi connectivity index (χ0v) is 13.7. The molecule has 2 aromatic rings. The fourth-order valence-electron chi connectivity index (χ4n) is 2.12. The molecule has 0 aromatic heterocycles. The van der Waals surface area contributed by atoms with Gasteiger partial charge in [-0.1, -0.05) is 30.3 Å². The molecular formula is C18H20N2O4. The maximum Gasteiger partial charge on any atom is 0.243 e. The van der Waals surface area contributed by atoms with E-state index in [9.17, 15) is 9.59 Å². The van der Waals surface area contributed by atoms with Gasteiger partial charge in [0.15, 0.2) is 0 Å². The minimum Gasteiger partial charge on any atom is -0.497 e. The molecule has 2 N–H and O–H groups in total. The standard InChI is InChI=1S/C18H20N2O4/c1-23-14-8-9-15(16(11-14)24-2)20-18(22)12-19-17(21)10-13-6-4-3-5-7-13/h3-9,11H,10,12H2,1-2H3,(H,19,21)(H,20,22). The molecule has 6 nitrogen and oxygen atoms in total. The van der Waals surface area contributed by atoms with E-state index < -0.39 is 0 Å². The Morgan fingerprint density at radius 2 is 1.71 bits per heavy atom. The number of methoxy groups -OCH3 is 2. The first-order valence-corrected chi connectivity index (χ1v) is 7.45. The van der Waals surface area contributed by atoms with Gasteiger partial charge in [-0.2, -0.15) is 0 Å². The summed E-state index contributed by atoms with van der Waals surface area (Å²) in [5.74, 6) is 0.567. The minimum atomic E-state index is -0.333. The maximum atomic E-state index is 12.0. The van der Waals surface area contributed by atoms with Gasteiger partial charge >= 0.3 is 0 Å². The van der Waals surface area contributed by atoms with E-state index in [1.54, 1.807) is 25.3 Å².